The van der Waals surface area contributed by atoms with Gasteiger partial charge in [0.1, 0.15) is 11.6 Å². The molecule has 2 N–H and O–H groups in total. The Bertz CT molecular complexity index is 1250. The Morgan fingerprint density at radius 2 is 1.93 bits per heavy atom. The molecule has 0 amide bonds. The fraction of sp³-hybridized carbons (Fsp3) is 0.167. The minimum atomic E-state index is -0.342. The number of nitrogens with zero attached hydrogens (tertiary/aromatic N) is 2. The van der Waals surface area contributed by atoms with Crippen LogP contribution in [0.1, 0.15) is 16.7 Å². The van der Waals surface area contributed by atoms with E-state index in [0.29, 0.717) is 23.2 Å². The second-order valence-corrected chi connectivity index (χ2v) is 7.16. The maximum atomic E-state index is 15.1. The van der Waals surface area contributed by atoms with E-state index in [1.165, 1.54) is 6.07 Å². The summed E-state index contributed by atoms with van der Waals surface area (Å²) in [5.41, 5.74) is 5.41. The van der Waals surface area contributed by atoms with Gasteiger partial charge < -0.3 is 10.1 Å². The molecule has 0 spiro atoms. The lowest BCUT2D eigenvalue weighted by Crippen LogP contribution is -2.06. The highest BCUT2D eigenvalue weighted by atomic mass is 19.1. The molecule has 0 unspecified atom stereocenters. The number of aryl methyl sites for hydroxylation is 1. The fourth-order valence-electron chi connectivity index (χ4n) is 3.80. The lowest BCUT2D eigenvalue weighted by atomic mass is 9.92. The first-order chi connectivity index (χ1) is 14.5. The summed E-state index contributed by atoms with van der Waals surface area (Å²) in [7, 11) is 3.44. The van der Waals surface area contributed by atoms with Crippen molar-refractivity contribution in [3.05, 3.63) is 71.0 Å². The highest BCUT2D eigenvalue weighted by Crippen LogP contribution is 2.36. The zero-order valence-corrected chi connectivity index (χ0v) is 17.0. The second kappa shape index (κ2) is 7.97. The van der Waals surface area contributed by atoms with Crippen LogP contribution < -0.4 is 10.1 Å². The molecule has 5 nitrogen and oxygen atoms in total. The average molecular weight is 400 g/mol. The third-order valence-electron chi connectivity index (χ3n) is 5.18. The molecule has 0 aliphatic heterocycles. The predicted molar refractivity (Wildman–Crippen MR) is 116 cm³/mol. The Morgan fingerprint density at radius 1 is 1.17 bits per heavy atom. The third kappa shape index (κ3) is 3.40. The van der Waals surface area contributed by atoms with Crippen LogP contribution in [0.15, 0.2) is 48.5 Å². The Morgan fingerprint density at radius 3 is 2.57 bits per heavy atom. The molecule has 0 saturated carbocycles. The number of aromatic amines is 1. The standard InChI is InChI=1S/C24H21FN4O/c1-14-8-15(13-27-2)9-21(25)23(14)19-11-20-22(10-17(19)12-26)28-29-24(20)16-4-6-18(30-3)7-5-16/h4-11,27H,13H2,1-3H3,(H,28,29). The molecule has 3 aromatic carbocycles. The molecular formula is C24H21FN4O. The summed E-state index contributed by atoms with van der Waals surface area (Å²) >= 11 is 0. The maximum absolute atomic E-state index is 15.1. The van der Waals surface area contributed by atoms with Gasteiger partial charge in [0.25, 0.3) is 0 Å². The van der Waals surface area contributed by atoms with Crippen LogP contribution in [0.3, 0.4) is 0 Å². The Balaban J connectivity index is 1.91. The molecule has 0 atom stereocenters. The molecule has 4 aromatic rings. The van der Waals surface area contributed by atoms with E-state index >= 15 is 4.39 Å². The van der Waals surface area contributed by atoms with E-state index in [4.69, 9.17) is 4.74 Å². The number of nitriles is 1. The molecule has 1 aromatic heterocycles. The zero-order chi connectivity index (χ0) is 21.3. The summed E-state index contributed by atoms with van der Waals surface area (Å²) in [5.74, 6) is 0.413. The van der Waals surface area contributed by atoms with E-state index in [1.807, 2.05) is 50.4 Å². The first-order valence-electron chi connectivity index (χ1n) is 9.56. The van der Waals surface area contributed by atoms with Gasteiger partial charge in [-0.3, -0.25) is 5.10 Å². The van der Waals surface area contributed by atoms with Crippen LogP contribution in [0.5, 0.6) is 5.75 Å². The lowest BCUT2D eigenvalue weighted by Gasteiger charge is -2.13. The van der Waals surface area contributed by atoms with Crippen molar-refractivity contribution in [2.75, 3.05) is 14.2 Å². The summed E-state index contributed by atoms with van der Waals surface area (Å²) in [5, 5.41) is 21.0. The quantitative estimate of drug-likeness (QED) is 0.497. The number of H-pyrrole nitrogens is 1. The van der Waals surface area contributed by atoms with Gasteiger partial charge in [-0.1, -0.05) is 6.07 Å². The van der Waals surface area contributed by atoms with E-state index in [0.717, 1.165) is 39.0 Å². The summed E-state index contributed by atoms with van der Waals surface area (Å²) in [4.78, 5) is 0. The van der Waals surface area contributed by atoms with Crippen molar-refractivity contribution >= 4 is 10.9 Å². The van der Waals surface area contributed by atoms with Crippen LogP contribution in [0, 0.1) is 24.1 Å². The van der Waals surface area contributed by atoms with Crippen molar-refractivity contribution in [1.82, 2.24) is 15.5 Å². The van der Waals surface area contributed by atoms with Gasteiger partial charge in [-0.2, -0.15) is 10.4 Å². The maximum Gasteiger partial charge on any atom is 0.131 e. The fourth-order valence-corrected chi connectivity index (χ4v) is 3.80. The number of fused-ring (bicyclic) bond motifs is 1. The van der Waals surface area contributed by atoms with Gasteiger partial charge in [0.05, 0.1) is 30.0 Å². The van der Waals surface area contributed by atoms with Crippen LogP contribution in [0.2, 0.25) is 0 Å². The van der Waals surface area contributed by atoms with Crippen LogP contribution in [-0.4, -0.2) is 24.4 Å². The largest absolute Gasteiger partial charge is 0.497 e. The van der Waals surface area contributed by atoms with Gasteiger partial charge in [0.2, 0.25) is 0 Å². The first-order valence-corrected chi connectivity index (χ1v) is 9.56. The molecule has 6 heteroatoms. The number of benzene rings is 3. The number of aromatic nitrogens is 2. The zero-order valence-electron chi connectivity index (χ0n) is 17.0. The van der Waals surface area contributed by atoms with Gasteiger partial charge in [-0.25, -0.2) is 4.39 Å². The highest BCUT2D eigenvalue weighted by molar-refractivity contribution is 5.97. The number of halogens is 1. The smallest absolute Gasteiger partial charge is 0.131 e. The molecule has 0 bridgehead atoms. The molecular weight excluding hydrogens is 379 g/mol. The summed E-state index contributed by atoms with van der Waals surface area (Å²) in [6.07, 6.45) is 0. The first kappa shape index (κ1) is 19.6. The van der Waals surface area contributed by atoms with Crippen LogP contribution in [0.25, 0.3) is 33.3 Å². The number of hydrogen-bond donors (Lipinski definition) is 2. The normalized spacial score (nSPS) is 10.9. The minimum Gasteiger partial charge on any atom is -0.497 e. The summed E-state index contributed by atoms with van der Waals surface area (Å²) in [6, 6.07) is 16.8. The van der Waals surface area contributed by atoms with Gasteiger partial charge in [-0.05, 0) is 67.6 Å². The summed E-state index contributed by atoms with van der Waals surface area (Å²) < 4.78 is 20.3. The van der Waals surface area contributed by atoms with E-state index in [2.05, 4.69) is 21.6 Å². The number of ether oxygens (including phenoxy) is 1. The van der Waals surface area contributed by atoms with Crippen molar-refractivity contribution < 1.29 is 9.13 Å². The van der Waals surface area contributed by atoms with E-state index in [9.17, 15) is 5.26 Å². The molecule has 150 valence electrons. The Labute approximate surface area is 174 Å². The number of hydrogen-bond acceptors (Lipinski definition) is 4. The van der Waals surface area contributed by atoms with Gasteiger partial charge >= 0.3 is 0 Å². The van der Waals surface area contributed by atoms with Crippen molar-refractivity contribution in [1.29, 1.82) is 5.26 Å². The van der Waals surface area contributed by atoms with Crippen molar-refractivity contribution in [3.8, 4) is 34.2 Å². The van der Waals surface area contributed by atoms with E-state index in [-0.39, 0.29) is 5.82 Å². The second-order valence-electron chi connectivity index (χ2n) is 7.16. The molecule has 1 heterocycles. The van der Waals surface area contributed by atoms with Crippen molar-refractivity contribution in [2.45, 2.75) is 13.5 Å². The molecule has 0 fully saturated rings. The van der Waals surface area contributed by atoms with E-state index in [1.54, 1.807) is 13.2 Å². The predicted octanol–water partition coefficient (Wildman–Crippen LogP) is 4.94. The minimum absolute atomic E-state index is 0.342. The van der Waals surface area contributed by atoms with Gasteiger partial charge in [0.15, 0.2) is 0 Å². The molecule has 30 heavy (non-hydrogen) atoms. The third-order valence-corrected chi connectivity index (χ3v) is 5.18. The average Bonchev–Trinajstić information content (AvgIpc) is 3.16. The molecule has 0 aliphatic carbocycles. The van der Waals surface area contributed by atoms with Gasteiger partial charge in [-0.15, -0.1) is 0 Å². The Kier molecular flexibility index (Phi) is 5.21. The monoisotopic (exact) mass is 400 g/mol. The van der Waals surface area contributed by atoms with Crippen LogP contribution >= 0.6 is 0 Å². The van der Waals surface area contributed by atoms with Crippen LogP contribution in [0.4, 0.5) is 4.39 Å². The topological polar surface area (TPSA) is 73.7 Å². The molecule has 4 rings (SSSR count). The van der Waals surface area contributed by atoms with Crippen molar-refractivity contribution in [3.63, 3.8) is 0 Å². The lowest BCUT2D eigenvalue weighted by molar-refractivity contribution is 0.415. The SMILES string of the molecule is CNCc1cc(C)c(-c2cc3c(-c4ccc(OC)cc4)n[nH]c3cc2C#N)c(F)c1. The summed E-state index contributed by atoms with van der Waals surface area (Å²) in [6.45, 7) is 2.44. The molecule has 0 saturated heterocycles. The number of nitrogens with one attached hydrogen (secondary N) is 2. The number of rotatable bonds is 5. The van der Waals surface area contributed by atoms with Crippen molar-refractivity contribution in [2.24, 2.45) is 0 Å². The molecule has 0 aliphatic rings. The van der Waals surface area contributed by atoms with Crippen LogP contribution in [-0.2, 0) is 6.54 Å². The highest BCUT2D eigenvalue weighted by Gasteiger charge is 2.18. The number of methoxy groups -OCH3 is 1. The van der Waals surface area contributed by atoms with E-state index < -0.39 is 0 Å². The Hall–Kier alpha value is -3.69. The van der Waals surface area contributed by atoms with Gasteiger partial charge in [0, 0.05) is 28.6 Å². The molecule has 0 radical (unpaired) electrons.